The number of fused-ring (bicyclic) bond motifs is 1. The van der Waals surface area contributed by atoms with Gasteiger partial charge in [0.25, 0.3) is 0 Å². The van der Waals surface area contributed by atoms with E-state index in [1.54, 1.807) is 12.1 Å². The van der Waals surface area contributed by atoms with Crippen LogP contribution in [0.4, 0.5) is 0 Å². The lowest BCUT2D eigenvalue weighted by atomic mass is 9.94. The SMILES string of the molecule is CC.CC(=C/N)/C=C1\CC=Cc2c(C#N)cccc2C1O. The van der Waals surface area contributed by atoms with Gasteiger partial charge in [-0.2, -0.15) is 5.26 Å². The molecule has 0 amide bonds. The van der Waals surface area contributed by atoms with E-state index in [4.69, 9.17) is 11.0 Å². The number of nitrogens with two attached hydrogens (primary N) is 1. The molecule has 3 N–H and O–H groups in total. The minimum absolute atomic E-state index is 0.583. The van der Waals surface area contributed by atoms with E-state index >= 15 is 0 Å². The van der Waals surface area contributed by atoms with Gasteiger partial charge in [0.1, 0.15) is 6.10 Å². The number of nitriles is 1. The third-order valence-electron chi connectivity index (χ3n) is 3.22. The highest BCUT2D eigenvalue weighted by atomic mass is 16.3. The minimum atomic E-state index is -0.701. The number of allylic oxidation sites excluding steroid dienone is 3. The largest absolute Gasteiger partial charge is 0.404 e. The first kappa shape index (κ1) is 16.7. The van der Waals surface area contributed by atoms with Crippen LogP contribution in [0.3, 0.4) is 0 Å². The highest BCUT2D eigenvalue weighted by Crippen LogP contribution is 2.33. The molecular formula is C18H22N2O. The summed E-state index contributed by atoms with van der Waals surface area (Å²) < 4.78 is 0. The van der Waals surface area contributed by atoms with Crippen molar-refractivity contribution >= 4 is 6.08 Å². The predicted molar refractivity (Wildman–Crippen MR) is 87.1 cm³/mol. The number of hydrogen-bond donors (Lipinski definition) is 2. The molecule has 2 rings (SSSR count). The van der Waals surface area contributed by atoms with Crippen LogP contribution in [0, 0.1) is 11.3 Å². The van der Waals surface area contributed by atoms with Gasteiger partial charge in [0.2, 0.25) is 0 Å². The molecule has 1 aliphatic rings. The summed E-state index contributed by atoms with van der Waals surface area (Å²) in [7, 11) is 0. The van der Waals surface area contributed by atoms with E-state index in [1.165, 1.54) is 6.20 Å². The standard InChI is InChI=1S/C16H16N2O.C2H6/c1-11(9-17)8-12-4-2-6-14-13(10-18)5-3-7-15(14)16(12)19;1-2/h2-3,5-9,16,19H,4,17H2,1H3;1-2H3/b11-9-,12-8+;. The topological polar surface area (TPSA) is 70.0 Å². The van der Waals surface area contributed by atoms with Crippen LogP contribution in [0.1, 0.15) is 50.0 Å². The second-order valence-corrected chi connectivity index (χ2v) is 4.56. The van der Waals surface area contributed by atoms with Gasteiger partial charge in [0, 0.05) is 0 Å². The van der Waals surface area contributed by atoms with Crippen LogP contribution in [-0.4, -0.2) is 5.11 Å². The second kappa shape index (κ2) is 8.08. The van der Waals surface area contributed by atoms with Gasteiger partial charge in [-0.3, -0.25) is 0 Å². The van der Waals surface area contributed by atoms with Crippen molar-refractivity contribution in [1.82, 2.24) is 0 Å². The molecule has 3 nitrogen and oxygen atoms in total. The van der Waals surface area contributed by atoms with Crippen molar-refractivity contribution in [2.75, 3.05) is 0 Å². The summed E-state index contributed by atoms with van der Waals surface area (Å²) in [6.45, 7) is 5.89. The Morgan fingerprint density at radius 3 is 2.76 bits per heavy atom. The van der Waals surface area contributed by atoms with Gasteiger partial charge in [-0.25, -0.2) is 0 Å². The molecule has 0 saturated carbocycles. The number of rotatable bonds is 1. The fraction of sp³-hybridized carbons (Fsp3) is 0.278. The quantitative estimate of drug-likeness (QED) is 0.822. The lowest BCUT2D eigenvalue weighted by Gasteiger charge is -2.15. The summed E-state index contributed by atoms with van der Waals surface area (Å²) in [6, 6.07) is 7.56. The molecule has 0 fully saturated rings. The average Bonchev–Trinajstić information content (AvgIpc) is 2.69. The van der Waals surface area contributed by atoms with Gasteiger partial charge in [0.15, 0.2) is 0 Å². The zero-order chi connectivity index (χ0) is 15.8. The molecule has 0 saturated heterocycles. The number of nitrogens with zero attached hydrogens (tertiary/aromatic N) is 1. The maximum Gasteiger partial charge on any atom is 0.101 e. The van der Waals surface area contributed by atoms with Crippen molar-refractivity contribution in [2.24, 2.45) is 5.73 Å². The van der Waals surface area contributed by atoms with E-state index in [0.717, 1.165) is 22.3 Å². The van der Waals surface area contributed by atoms with Crippen molar-refractivity contribution < 1.29 is 5.11 Å². The van der Waals surface area contributed by atoms with Gasteiger partial charge in [-0.15, -0.1) is 0 Å². The zero-order valence-corrected chi connectivity index (χ0v) is 12.8. The van der Waals surface area contributed by atoms with Crippen molar-refractivity contribution in [3.05, 3.63) is 64.4 Å². The molecule has 0 spiro atoms. The summed E-state index contributed by atoms with van der Waals surface area (Å²) in [5.41, 5.74) is 9.40. The Labute approximate surface area is 126 Å². The molecule has 0 aliphatic heterocycles. The van der Waals surface area contributed by atoms with Gasteiger partial charge in [-0.05, 0) is 47.9 Å². The molecule has 1 aliphatic carbocycles. The predicted octanol–water partition coefficient (Wildman–Crippen LogP) is 3.82. The second-order valence-electron chi connectivity index (χ2n) is 4.56. The zero-order valence-electron chi connectivity index (χ0n) is 12.8. The Morgan fingerprint density at radius 2 is 2.14 bits per heavy atom. The van der Waals surface area contributed by atoms with Crippen molar-refractivity contribution in [3.63, 3.8) is 0 Å². The molecule has 110 valence electrons. The number of hydrogen-bond acceptors (Lipinski definition) is 3. The van der Waals surface area contributed by atoms with E-state index in [9.17, 15) is 5.11 Å². The summed E-state index contributed by atoms with van der Waals surface area (Å²) in [4.78, 5) is 0. The normalized spacial score (nSPS) is 19.1. The van der Waals surface area contributed by atoms with Gasteiger partial charge >= 0.3 is 0 Å². The van der Waals surface area contributed by atoms with Crippen LogP contribution < -0.4 is 5.73 Å². The lowest BCUT2D eigenvalue weighted by molar-refractivity contribution is 0.213. The summed E-state index contributed by atoms with van der Waals surface area (Å²) >= 11 is 0. The molecule has 0 heterocycles. The minimum Gasteiger partial charge on any atom is -0.404 e. The summed E-state index contributed by atoms with van der Waals surface area (Å²) in [5, 5.41) is 19.6. The first-order valence-corrected chi connectivity index (χ1v) is 7.14. The highest BCUT2D eigenvalue weighted by Gasteiger charge is 2.19. The number of aliphatic hydroxyl groups excluding tert-OH is 1. The van der Waals surface area contributed by atoms with Crippen LogP contribution in [-0.2, 0) is 0 Å². The molecular weight excluding hydrogens is 260 g/mol. The van der Waals surface area contributed by atoms with Gasteiger partial charge in [0.05, 0.1) is 11.6 Å². The Kier molecular flexibility index (Phi) is 6.45. The van der Waals surface area contributed by atoms with Gasteiger partial charge in [-0.1, -0.05) is 44.2 Å². The van der Waals surface area contributed by atoms with E-state index < -0.39 is 6.10 Å². The summed E-state index contributed by atoms with van der Waals surface area (Å²) in [6.07, 6.45) is 7.22. The number of benzene rings is 1. The van der Waals surface area contributed by atoms with Crippen molar-refractivity contribution in [1.29, 1.82) is 5.26 Å². The van der Waals surface area contributed by atoms with Crippen molar-refractivity contribution in [2.45, 2.75) is 33.3 Å². The third-order valence-corrected chi connectivity index (χ3v) is 3.22. The van der Waals surface area contributed by atoms with E-state index in [0.29, 0.717) is 12.0 Å². The number of aliphatic hydroxyl groups is 1. The smallest absolute Gasteiger partial charge is 0.101 e. The monoisotopic (exact) mass is 282 g/mol. The summed E-state index contributed by atoms with van der Waals surface area (Å²) in [5.74, 6) is 0. The Morgan fingerprint density at radius 1 is 1.43 bits per heavy atom. The maximum atomic E-state index is 10.5. The average molecular weight is 282 g/mol. The molecule has 0 aromatic heterocycles. The van der Waals surface area contributed by atoms with Crippen molar-refractivity contribution in [3.8, 4) is 6.07 Å². The van der Waals surface area contributed by atoms with Crippen LogP contribution in [0.15, 0.2) is 47.7 Å². The van der Waals surface area contributed by atoms with E-state index in [1.807, 2.05) is 45.1 Å². The Balaban J connectivity index is 0.00000106. The molecule has 3 heteroatoms. The van der Waals surface area contributed by atoms with Gasteiger partial charge < -0.3 is 10.8 Å². The van der Waals surface area contributed by atoms with Crippen LogP contribution in [0.2, 0.25) is 0 Å². The first-order valence-electron chi connectivity index (χ1n) is 7.14. The van der Waals surface area contributed by atoms with Crippen LogP contribution in [0.5, 0.6) is 0 Å². The lowest BCUT2D eigenvalue weighted by Crippen LogP contribution is -2.03. The van der Waals surface area contributed by atoms with Crippen LogP contribution in [0.25, 0.3) is 6.08 Å². The molecule has 21 heavy (non-hydrogen) atoms. The molecule has 1 unspecified atom stereocenters. The third kappa shape index (κ3) is 3.84. The Hall–Kier alpha value is -2.31. The molecule has 1 atom stereocenters. The molecule has 1 aromatic rings. The maximum absolute atomic E-state index is 10.5. The molecule has 0 bridgehead atoms. The Bertz CT molecular complexity index is 619. The van der Waals surface area contributed by atoms with Crippen LogP contribution >= 0.6 is 0 Å². The fourth-order valence-corrected chi connectivity index (χ4v) is 2.21. The molecule has 0 radical (unpaired) electrons. The molecule has 1 aromatic carbocycles. The fourth-order valence-electron chi connectivity index (χ4n) is 2.21. The first-order chi connectivity index (χ1) is 10.2. The van der Waals surface area contributed by atoms with E-state index in [-0.39, 0.29) is 0 Å². The van der Waals surface area contributed by atoms with E-state index in [2.05, 4.69) is 6.07 Å². The highest BCUT2D eigenvalue weighted by molar-refractivity contribution is 5.64.